The Kier molecular flexibility index (Phi) is 5.03. The molecule has 1 N–H and O–H groups in total. The smallest absolute Gasteiger partial charge is 0.223 e. The molecule has 4 aromatic rings. The molecule has 2 aromatic carbocycles. The molecule has 0 spiro atoms. The predicted molar refractivity (Wildman–Crippen MR) is 118 cm³/mol. The summed E-state index contributed by atoms with van der Waals surface area (Å²) in [4.78, 5) is 14.8. The van der Waals surface area contributed by atoms with Gasteiger partial charge in [0.05, 0.1) is 28.3 Å². The maximum absolute atomic E-state index is 6.02. The number of anilines is 1. The first-order valence-electron chi connectivity index (χ1n) is 9.73. The van der Waals surface area contributed by atoms with Gasteiger partial charge in [-0.2, -0.15) is 0 Å². The average molecular weight is 417 g/mol. The van der Waals surface area contributed by atoms with Crippen molar-refractivity contribution >= 4 is 17.3 Å². The lowest BCUT2D eigenvalue weighted by Gasteiger charge is -2.26. The van der Waals surface area contributed by atoms with Crippen molar-refractivity contribution < 1.29 is 9.47 Å². The number of hydrogen-bond donors (Lipinski definition) is 1. The number of fused-ring (bicyclic) bond motifs is 1. The van der Waals surface area contributed by atoms with Gasteiger partial charge in [0.1, 0.15) is 12.7 Å². The zero-order valence-corrected chi connectivity index (χ0v) is 17.2. The summed E-state index contributed by atoms with van der Waals surface area (Å²) < 4.78 is 11.8. The number of benzene rings is 2. The van der Waals surface area contributed by atoms with Crippen molar-refractivity contribution in [1.82, 2.24) is 15.0 Å². The summed E-state index contributed by atoms with van der Waals surface area (Å²) in [6.45, 7) is 3.02. The van der Waals surface area contributed by atoms with Crippen LogP contribution in [0.25, 0.3) is 21.7 Å². The number of rotatable bonds is 5. The number of nitrogens with zero attached hydrogens (tertiary/aromatic N) is 3. The molecule has 1 unspecified atom stereocenters. The van der Waals surface area contributed by atoms with Crippen LogP contribution in [0.3, 0.4) is 0 Å². The molecule has 1 aliphatic rings. The van der Waals surface area contributed by atoms with E-state index in [1.54, 1.807) is 11.3 Å². The Bertz CT molecular complexity index is 1160. The summed E-state index contributed by atoms with van der Waals surface area (Å²) >= 11 is 1.58. The van der Waals surface area contributed by atoms with E-state index >= 15 is 0 Å². The first-order valence-corrected chi connectivity index (χ1v) is 10.6. The van der Waals surface area contributed by atoms with E-state index in [4.69, 9.17) is 14.5 Å². The Morgan fingerprint density at radius 1 is 1.03 bits per heavy atom. The Balaban J connectivity index is 1.39. The van der Waals surface area contributed by atoms with Crippen molar-refractivity contribution in [2.24, 2.45) is 0 Å². The fourth-order valence-corrected chi connectivity index (χ4v) is 4.17. The minimum absolute atomic E-state index is 0.120. The number of nitrogens with one attached hydrogen (secondary N) is 1. The van der Waals surface area contributed by atoms with E-state index in [1.165, 1.54) is 0 Å². The standard InChI is InChI=1S/C23H20N4O2S/c1-15-22(30-14-26-15)21-18(16-7-3-2-4-8-16)12-25-23(27-21)24-11-17-13-28-19-9-5-6-10-20(19)29-17/h2-10,12,14,17H,11,13H2,1H3,(H,24,25,27). The third-order valence-corrected chi connectivity index (χ3v) is 5.82. The molecular formula is C23H20N4O2S. The lowest BCUT2D eigenvalue weighted by molar-refractivity contribution is 0.0996. The van der Waals surface area contributed by atoms with Crippen molar-refractivity contribution in [3.63, 3.8) is 0 Å². The van der Waals surface area contributed by atoms with Gasteiger partial charge in [-0.15, -0.1) is 11.3 Å². The molecule has 0 aliphatic carbocycles. The van der Waals surface area contributed by atoms with Gasteiger partial charge < -0.3 is 14.8 Å². The Morgan fingerprint density at radius 3 is 2.63 bits per heavy atom. The van der Waals surface area contributed by atoms with Crippen LogP contribution in [0.5, 0.6) is 11.5 Å². The number of ether oxygens (including phenoxy) is 2. The number of thiazole rings is 1. The minimum atomic E-state index is -0.120. The zero-order valence-electron chi connectivity index (χ0n) is 16.4. The molecule has 30 heavy (non-hydrogen) atoms. The predicted octanol–water partition coefficient (Wildman–Crippen LogP) is 4.83. The van der Waals surface area contributed by atoms with E-state index in [0.717, 1.165) is 38.9 Å². The highest BCUT2D eigenvalue weighted by Crippen LogP contribution is 2.35. The average Bonchev–Trinajstić information content (AvgIpc) is 3.23. The lowest BCUT2D eigenvalue weighted by Crippen LogP contribution is -2.35. The number of aryl methyl sites for hydroxylation is 1. The largest absolute Gasteiger partial charge is 0.486 e. The molecule has 0 bridgehead atoms. The maximum Gasteiger partial charge on any atom is 0.223 e. The molecule has 0 saturated carbocycles. The highest BCUT2D eigenvalue weighted by atomic mass is 32.1. The van der Waals surface area contributed by atoms with E-state index < -0.39 is 0 Å². The first kappa shape index (κ1) is 18.6. The molecule has 2 aromatic heterocycles. The Morgan fingerprint density at radius 2 is 1.83 bits per heavy atom. The highest BCUT2D eigenvalue weighted by molar-refractivity contribution is 7.13. The van der Waals surface area contributed by atoms with Crippen LogP contribution >= 0.6 is 11.3 Å². The zero-order chi connectivity index (χ0) is 20.3. The fraction of sp³-hybridized carbons (Fsp3) is 0.174. The molecule has 0 amide bonds. The number of hydrogen-bond acceptors (Lipinski definition) is 7. The van der Waals surface area contributed by atoms with Gasteiger partial charge in [-0.25, -0.2) is 15.0 Å². The number of para-hydroxylation sites is 2. The van der Waals surface area contributed by atoms with Crippen molar-refractivity contribution in [2.45, 2.75) is 13.0 Å². The second-order valence-electron chi connectivity index (χ2n) is 6.97. The van der Waals surface area contributed by atoms with Crippen LogP contribution in [0.1, 0.15) is 5.69 Å². The summed E-state index contributed by atoms with van der Waals surface area (Å²) in [6, 6.07) is 17.9. The van der Waals surface area contributed by atoms with Crippen LogP contribution in [0.4, 0.5) is 5.95 Å². The van der Waals surface area contributed by atoms with Gasteiger partial charge in [0.2, 0.25) is 5.95 Å². The summed E-state index contributed by atoms with van der Waals surface area (Å²) in [6.07, 6.45) is 1.75. The van der Waals surface area contributed by atoms with E-state index in [9.17, 15) is 0 Å². The fourth-order valence-electron chi connectivity index (χ4n) is 3.37. The molecular weight excluding hydrogens is 396 g/mol. The highest BCUT2D eigenvalue weighted by Gasteiger charge is 2.21. The third kappa shape index (κ3) is 3.71. The van der Waals surface area contributed by atoms with Gasteiger partial charge in [0.15, 0.2) is 11.5 Å². The van der Waals surface area contributed by atoms with Crippen molar-refractivity contribution in [1.29, 1.82) is 0 Å². The van der Waals surface area contributed by atoms with Gasteiger partial charge in [0, 0.05) is 11.8 Å². The molecule has 0 saturated heterocycles. The van der Waals surface area contributed by atoms with E-state index in [1.807, 2.05) is 61.1 Å². The topological polar surface area (TPSA) is 69.2 Å². The summed E-state index contributed by atoms with van der Waals surface area (Å²) in [5, 5.41) is 3.30. The minimum Gasteiger partial charge on any atom is -0.486 e. The third-order valence-electron chi connectivity index (χ3n) is 4.89. The summed E-state index contributed by atoms with van der Waals surface area (Å²) in [7, 11) is 0. The van der Waals surface area contributed by atoms with Gasteiger partial charge >= 0.3 is 0 Å². The van der Waals surface area contributed by atoms with Crippen LogP contribution in [0.2, 0.25) is 0 Å². The lowest BCUT2D eigenvalue weighted by atomic mass is 10.0. The second-order valence-corrected chi connectivity index (χ2v) is 7.82. The van der Waals surface area contributed by atoms with Crippen LogP contribution in [0.15, 0.2) is 66.3 Å². The Labute approximate surface area is 178 Å². The normalized spacial score (nSPS) is 15.0. The summed E-state index contributed by atoms with van der Waals surface area (Å²) in [5.74, 6) is 2.09. The van der Waals surface area contributed by atoms with Gasteiger partial charge in [-0.05, 0) is 24.6 Å². The van der Waals surface area contributed by atoms with Crippen molar-refractivity contribution in [3.8, 4) is 33.2 Å². The van der Waals surface area contributed by atoms with E-state index in [0.29, 0.717) is 19.1 Å². The van der Waals surface area contributed by atoms with Gasteiger partial charge in [-0.1, -0.05) is 42.5 Å². The molecule has 7 heteroatoms. The Hall–Kier alpha value is -3.45. The molecule has 3 heterocycles. The van der Waals surface area contributed by atoms with Crippen molar-refractivity contribution in [2.75, 3.05) is 18.5 Å². The van der Waals surface area contributed by atoms with Crippen LogP contribution < -0.4 is 14.8 Å². The van der Waals surface area contributed by atoms with Gasteiger partial charge in [-0.3, -0.25) is 0 Å². The second kappa shape index (κ2) is 8.12. The quantitative estimate of drug-likeness (QED) is 0.503. The number of aromatic nitrogens is 3. The molecule has 150 valence electrons. The van der Waals surface area contributed by atoms with Gasteiger partial charge in [0.25, 0.3) is 0 Å². The molecule has 6 nitrogen and oxygen atoms in total. The van der Waals surface area contributed by atoms with E-state index in [2.05, 4.69) is 27.4 Å². The molecule has 1 atom stereocenters. The van der Waals surface area contributed by atoms with Crippen molar-refractivity contribution in [3.05, 3.63) is 72.0 Å². The van der Waals surface area contributed by atoms with Crippen LogP contribution in [-0.4, -0.2) is 34.2 Å². The molecule has 0 fully saturated rings. The molecule has 1 aliphatic heterocycles. The van der Waals surface area contributed by atoms with Crippen LogP contribution in [0, 0.1) is 6.92 Å². The molecule has 5 rings (SSSR count). The SMILES string of the molecule is Cc1ncsc1-c1nc(NCC2COc3ccccc3O2)ncc1-c1ccccc1. The maximum atomic E-state index is 6.02. The van der Waals surface area contributed by atoms with Crippen LogP contribution in [-0.2, 0) is 0 Å². The first-order chi connectivity index (χ1) is 14.8. The summed E-state index contributed by atoms with van der Waals surface area (Å²) in [5.41, 5.74) is 5.75. The van der Waals surface area contributed by atoms with E-state index in [-0.39, 0.29) is 6.10 Å². The monoisotopic (exact) mass is 416 g/mol. The molecule has 0 radical (unpaired) electrons.